The van der Waals surface area contributed by atoms with Crippen LogP contribution >= 0.6 is 11.3 Å². The number of carbonyl (C=O) groups excluding carboxylic acids is 1. The van der Waals surface area contributed by atoms with Crippen LogP contribution in [0.3, 0.4) is 0 Å². The van der Waals surface area contributed by atoms with Crippen molar-refractivity contribution in [1.29, 1.82) is 0 Å². The fourth-order valence-electron chi connectivity index (χ4n) is 1.33. The number of carbonyl (C=O) groups is 1. The van der Waals surface area contributed by atoms with Gasteiger partial charge in [-0.25, -0.2) is 9.78 Å². The van der Waals surface area contributed by atoms with Crippen molar-refractivity contribution in [2.45, 2.75) is 51.2 Å². The van der Waals surface area contributed by atoms with Crippen LogP contribution < -0.4 is 0 Å². The smallest absolute Gasteiger partial charge is 0.357 e. The SMILES string of the molecule is CC(C)(O)[C@H](O)c1nc(C(=O)OCC[Si](C)(C)C)cs1. The van der Waals surface area contributed by atoms with Crippen LogP contribution in [0.25, 0.3) is 0 Å². The second kappa shape index (κ2) is 6.34. The van der Waals surface area contributed by atoms with Crippen LogP contribution in [0.15, 0.2) is 5.38 Å². The van der Waals surface area contributed by atoms with E-state index in [4.69, 9.17) is 4.74 Å². The number of hydrogen-bond donors (Lipinski definition) is 2. The number of aliphatic hydroxyl groups excluding tert-OH is 1. The Morgan fingerprint density at radius 2 is 2.10 bits per heavy atom. The van der Waals surface area contributed by atoms with Gasteiger partial charge < -0.3 is 14.9 Å². The van der Waals surface area contributed by atoms with Crippen molar-refractivity contribution in [3.63, 3.8) is 0 Å². The summed E-state index contributed by atoms with van der Waals surface area (Å²) in [4.78, 5) is 15.8. The van der Waals surface area contributed by atoms with Crippen LogP contribution in [0.2, 0.25) is 25.7 Å². The minimum Gasteiger partial charge on any atom is -0.461 e. The fraction of sp³-hybridized carbons (Fsp3) is 0.692. The lowest BCUT2D eigenvalue weighted by molar-refractivity contribution is -0.0498. The Morgan fingerprint density at radius 1 is 1.50 bits per heavy atom. The number of aliphatic hydroxyl groups is 2. The number of nitrogens with zero attached hydrogens (tertiary/aromatic N) is 1. The number of hydrogen-bond acceptors (Lipinski definition) is 6. The molecule has 0 saturated heterocycles. The highest BCUT2D eigenvalue weighted by Gasteiger charge is 2.29. The molecule has 1 rings (SSSR count). The predicted molar refractivity (Wildman–Crippen MR) is 81.8 cm³/mol. The van der Waals surface area contributed by atoms with Crippen molar-refractivity contribution in [2.24, 2.45) is 0 Å². The van der Waals surface area contributed by atoms with E-state index < -0.39 is 25.7 Å². The Morgan fingerprint density at radius 3 is 2.60 bits per heavy atom. The minimum absolute atomic E-state index is 0.184. The van der Waals surface area contributed by atoms with E-state index in [-0.39, 0.29) is 5.69 Å². The third-order valence-corrected chi connectivity index (χ3v) is 5.32. The maximum absolute atomic E-state index is 11.8. The third kappa shape index (κ3) is 5.32. The van der Waals surface area contributed by atoms with E-state index in [0.29, 0.717) is 11.6 Å². The van der Waals surface area contributed by atoms with Gasteiger partial charge in [-0.1, -0.05) is 19.6 Å². The first-order valence-electron chi connectivity index (χ1n) is 6.54. The molecule has 0 spiro atoms. The van der Waals surface area contributed by atoms with E-state index in [1.165, 1.54) is 13.8 Å². The van der Waals surface area contributed by atoms with Gasteiger partial charge in [0.15, 0.2) is 5.69 Å². The Labute approximate surface area is 124 Å². The summed E-state index contributed by atoms with van der Waals surface area (Å²) in [6.07, 6.45) is -1.11. The van der Waals surface area contributed by atoms with Crippen molar-refractivity contribution in [3.05, 3.63) is 16.1 Å². The minimum atomic E-state index is -1.29. The molecule has 0 aliphatic heterocycles. The van der Waals surface area contributed by atoms with Gasteiger partial charge in [0.05, 0.1) is 12.2 Å². The van der Waals surface area contributed by atoms with E-state index in [1.807, 2.05) is 0 Å². The molecule has 7 heteroatoms. The zero-order chi connectivity index (χ0) is 15.6. The van der Waals surface area contributed by atoms with E-state index >= 15 is 0 Å². The summed E-state index contributed by atoms with van der Waals surface area (Å²) in [5, 5.41) is 21.5. The van der Waals surface area contributed by atoms with Crippen LogP contribution in [0.4, 0.5) is 0 Å². The van der Waals surface area contributed by atoms with Crippen LogP contribution in [-0.4, -0.2) is 41.4 Å². The highest BCUT2D eigenvalue weighted by molar-refractivity contribution is 7.09. The normalized spacial score (nSPS) is 14.2. The first kappa shape index (κ1) is 17.3. The summed E-state index contributed by atoms with van der Waals surface area (Å²) < 4.78 is 5.18. The van der Waals surface area contributed by atoms with E-state index in [0.717, 1.165) is 17.4 Å². The quantitative estimate of drug-likeness (QED) is 0.622. The van der Waals surface area contributed by atoms with Crippen LogP contribution in [0.5, 0.6) is 0 Å². The Balaban J connectivity index is 2.61. The van der Waals surface area contributed by atoms with Gasteiger partial charge in [0.25, 0.3) is 0 Å². The summed E-state index contributed by atoms with van der Waals surface area (Å²) in [6.45, 7) is 10.0. The summed E-state index contributed by atoms with van der Waals surface area (Å²) in [6, 6.07) is 0.905. The molecule has 1 heterocycles. The van der Waals surface area contributed by atoms with E-state index in [2.05, 4.69) is 24.6 Å². The summed E-state index contributed by atoms with van der Waals surface area (Å²) in [5.41, 5.74) is -1.11. The molecule has 0 saturated carbocycles. The number of thiazole rings is 1. The fourth-order valence-corrected chi connectivity index (χ4v) is 3.00. The number of esters is 1. The van der Waals surface area contributed by atoms with Gasteiger partial charge in [0.1, 0.15) is 11.1 Å². The van der Waals surface area contributed by atoms with Crippen molar-refractivity contribution in [1.82, 2.24) is 4.98 Å². The molecule has 0 bridgehead atoms. The van der Waals surface area contributed by atoms with Crippen LogP contribution in [-0.2, 0) is 4.74 Å². The Hall–Kier alpha value is -0.763. The molecule has 0 radical (unpaired) electrons. The second-order valence-corrected chi connectivity index (χ2v) is 13.1. The summed E-state index contributed by atoms with van der Waals surface area (Å²) >= 11 is 1.14. The molecule has 0 aromatic carbocycles. The van der Waals surface area contributed by atoms with Crippen molar-refractivity contribution < 1.29 is 19.7 Å². The Kier molecular flexibility index (Phi) is 5.48. The molecule has 0 amide bonds. The highest BCUT2D eigenvalue weighted by Crippen LogP contribution is 2.27. The van der Waals surface area contributed by atoms with Gasteiger partial charge in [-0.15, -0.1) is 11.3 Å². The molecule has 114 valence electrons. The molecule has 2 N–H and O–H groups in total. The molecule has 1 aromatic rings. The Bertz CT molecular complexity index is 462. The van der Waals surface area contributed by atoms with E-state index in [1.54, 1.807) is 5.38 Å². The number of rotatable bonds is 6. The maximum Gasteiger partial charge on any atom is 0.357 e. The van der Waals surface area contributed by atoms with Gasteiger partial charge in [-0.05, 0) is 19.9 Å². The van der Waals surface area contributed by atoms with Gasteiger partial charge in [0, 0.05) is 13.5 Å². The maximum atomic E-state index is 11.8. The standard InChI is InChI=1S/C13H23NO4SSi/c1-13(2,17)10(15)11-14-9(8-19-11)12(16)18-6-7-20(3,4)5/h8,10,15,17H,6-7H2,1-5H3/t10-/m1/s1. The van der Waals surface area contributed by atoms with E-state index in [9.17, 15) is 15.0 Å². The van der Waals surface area contributed by atoms with Gasteiger partial charge in [-0.3, -0.25) is 0 Å². The predicted octanol–water partition coefficient (Wildman–Crippen LogP) is 2.44. The molecule has 20 heavy (non-hydrogen) atoms. The number of ether oxygens (including phenoxy) is 1. The lowest BCUT2D eigenvalue weighted by Gasteiger charge is -2.22. The van der Waals surface area contributed by atoms with Crippen molar-refractivity contribution >= 4 is 25.4 Å². The van der Waals surface area contributed by atoms with Crippen molar-refractivity contribution in [3.8, 4) is 0 Å². The summed E-state index contributed by atoms with van der Waals surface area (Å²) in [7, 11) is -1.23. The van der Waals surface area contributed by atoms with Gasteiger partial charge in [0.2, 0.25) is 0 Å². The largest absolute Gasteiger partial charge is 0.461 e. The average Bonchev–Trinajstić information content (AvgIpc) is 2.73. The molecule has 1 atom stereocenters. The third-order valence-electron chi connectivity index (χ3n) is 2.72. The first-order valence-corrected chi connectivity index (χ1v) is 11.1. The van der Waals surface area contributed by atoms with Crippen molar-refractivity contribution in [2.75, 3.05) is 6.61 Å². The molecular weight excluding hydrogens is 294 g/mol. The number of aromatic nitrogens is 1. The zero-order valence-electron chi connectivity index (χ0n) is 12.6. The lowest BCUT2D eigenvalue weighted by Crippen LogP contribution is -2.28. The lowest BCUT2D eigenvalue weighted by atomic mass is 10.0. The molecule has 0 fully saturated rings. The molecule has 0 aliphatic carbocycles. The molecule has 0 aliphatic rings. The molecular formula is C13H23NO4SSi. The zero-order valence-corrected chi connectivity index (χ0v) is 14.5. The second-order valence-electron chi connectivity index (χ2n) is 6.57. The summed E-state index contributed by atoms with van der Waals surface area (Å²) in [5.74, 6) is -0.478. The first-order chi connectivity index (χ1) is 9.00. The molecule has 1 aromatic heterocycles. The molecule has 0 unspecified atom stereocenters. The highest BCUT2D eigenvalue weighted by atomic mass is 32.1. The van der Waals surface area contributed by atoms with Gasteiger partial charge >= 0.3 is 5.97 Å². The monoisotopic (exact) mass is 317 g/mol. The topological polar surface area (TPSA) is 79.7 Å². The average molecular weight is 317 g/mol. The molecule has 5 nitrogen and oxygen atoms in total. The van der Waals surface area contributed by atoms with Gasteiger partial charge in [-0.2, -0.15) is 0 Å². The van der Waals surface area contributed by atoms with Crippen LogP contribution in [0.1, 0.15) is 35.4 Å². The van der Waals surface area contributed by atoms with Crippen LogP contribution in [0, 0.1) is 0 Å².